The zero-order chi connectivity index (χ0) is 14.5. The smallest absolute Gasteiger partial charge is 0.253 e. The lowest BCUT2D eigenvalue weighted by Gasteiger charge is -2.15. The molecule has 0 aromatic heterocycles. The number of carbonyl (C=O) groups is 2. The van der Waals surface area contributed by atoms with Gasteiger partial charge in [0, 0.05) is 36.2 Å². The van der Waals surface area contributed by atoms with Gasteiger partial charge in [-0.05, 0) is 31.0 Å². The van der Waals surface area contributed by atoms with Gasteiger partial charge in [-0.25, -0.2) is 0 Å². The number of carbonyl (C=O) groups excluding carboxylic acids is 2. The normalized spacial score (nSPS) is 14.3. The lowest BCUT2D eigenvalue weighted by molar-refractivity contribution is -0.129. The SMILES string of the molecule is Nc1ccc(Br)cc1C(=O)NCCC(=O)N1CCCC1. The fourth-order valence-electron chi connectivity index (χ4n) is 2.23. The van der Waals surface area contributed by atoms with Crippen LogP contribution < -0.4 is 11.1 Å². The quantitative estimate of drug-likeness (QED) is 0.821. The van der Waals surface area contributed by atoms with Gasteiger partial charge in [0.15, 0.2) is 0 Å². The lowest BCUT2D eigenvalue weighted by atomic mass is 10.1. The first-order chi connectivity index (χ1) is 9.58. The molecule has 1 aromatic carbocycles. The second kappa shape index (κ2) is 6.74. The predicted molar refractivity (Wildman–Crippen MR) is 81.3 cm³/mol. The van der Waals surface area contributed by atoms with E-state index in [0.717, 1.165) is 30.4 Å². The van der Waals surface area contributed by atoms with Gasteiger partial charge in [-0.15, -0.1) is 0 Å². The van der Waals surface area contributed by atoms with Gasteiger partial charge in [0.2, 0.25) is 5.91 Å². The molecule has 0 aliphatic carbocycles. The zero-order valence-corrected chi connectivity index (χ0v) is 12.8. The largest absolute Gasteiger partial charge is 0.398 e. The molecule has 1 aliphatic rings. The van der Waals surface area contributed by atoms with E-state index in [0.29, 0.717) is 24.2 Å². The molecule has 0 radical (unpaired) electrons. The summed E-state index contributed by atoms with van der Waals surface area (Å²) in [6, 6.07) is 5.13. The third-order valence-corrected chi connectivity index (χ3v) is 3.84. The maximum absolute atomic E-state index is 12.0. The molecule has 2 rings (SSSR count). The van der Waals surface area contributed by atoms with E-state index in [2.05, 4.69) is 21.2 Å². The number of likely N-dealkylation sites (tertiary alicyclic amines) is 1. The Hall–Kier alpha value is -1.56. The van der Waals surface area contributed by atoms with E-state index in [1.54, 1.807) is 18.2 Å². The molecular formula is C14H18BrN3O2. The van der Waals surface area contributed by atoms with Gasteiger partial charge >= 0.3 is 0 Å². The van der Waals surface area contributed by atoms with Crippen molar-refractivity contribution < 1.29 is 9.59 Å². The van der Waals surface area contributed by atoms with Crippen LogP contribution in [0, 0.1) is 0 Å². The fourth-order valence-corrected chi connectivity index (χ4v) is 2.59. The molecule has 0 unspecified atom stereocenters. The number of nitrogens with two attached hydrogens (primary N) is 1. The van der Waals surface area contributed by atoms with Crippen molar-refractivity contribution in [3.8, 4) is 0 Å². The molecule has 0 saturated carbocycles. The number of rotatable bonds is 4. The molecule has 5 nitrogen and oxygen atoms in total. The minimum atomic E-state index is -0.252. The van der Waals surface area contributed by atoms with Gasteiger partial charge in [0.25, 0.3) is 5.91 Å². The van der Waals surface area contributed by atoms with Gasteiger partial charge in [0.1, 0.15) is 0 Å². The number of halogens is 1. The fraction of sp³-hybridized carbons (Fsp3) is 0.429. The van der Waals surface area contributed by atoms with Crippen LogP contribution in [-0.2, 0) is 4.79 Å². The Morgan fingerprint density at radius 1 is 1.30 bits per heavy atom. The highest BCUT2D eigenvalue weighted by molar-refractivity contribution is 9.10. The van der Waals surface area contributed by atoms with Crippen LogP contribution in [0.3, 0.4) is 0 Å². The van der Waals surface area contributed by atoms with Gasteiger partial charge in [-0.1, -0.05) is 15.9 Å². The molecule has 108 valence electrons. The second-order valence-electron chi connectivity index (χ2n) is 4.83. The molecule has 6 heteroatoms. The van der Waals surface area contributed by atoms with Crippen molar-refractivity contribution in [2.45, 2.75) is 19.3 Å². The molecule has 3 N–H and O–H groups in total. The number of anilines is 1. The summed E-state index contributed by atoms with van der Waals surface area (Å²) in [7, 11) is 0. The Bertz CT molecular complexity index is 513. The Morgan fingerprint density at radius 2 is 2.00 bits per heavy atom. The summed E-state index contributed by atoms with van der Waals surface area (Å²) in [5.41, 5.74) is 6.62. The average Bonchev–Trinajstić information content (AvgIpc) is 2.95. The minimum Gasteiger partial charge on any atom is -0.398 e. The first-order valence-electron chi connectivity index (χ1n) is 6.69. The van der Waals surface area contributed by atoms with Crippen molar-refractivity contribution in [2.24, 2.45) is 0 Å². The molecule has 1 fully saturated rings. The molecule has 20 heavy (non-hydrogen) atoms. The predicted octanol–water partition coefficient (Wildman–Crippen LogP) is 1.77. The molecule has 0 atom stereocenters. The number of hydrogen-bond acceptors (Lipinski definition) is 3. The van der Waals surface area contributed by atoms with Crippen LogP contribution in [-0.4, -0.2) is 36.3 Å². The highest BCUT2D eigenvalue weighted by Crippen LogP contribution is 2.18. The maximum atomic E-state index is 12.0. The average molecular weight is 340 g/mol. The first-order valence-corrected chi connectivity index (χ1v) is 7.48. The summed E-state index contributed by atoms with van der Waals surface area (Å²) in [6.07, 6.45) is 2.49. The van der Waals surface area contributed by atoms with Crippen LogP contribution in [0.15, 0.2) is 22.7 Å². The minimum absolute atomic E-state index is 0.102. The maximum Gasteiger partial charge on any atom is 0.253 e. The van der Waals surface area contributed by atoms with E-state index in [9.17, 15) is 9.59 Å². The number of nitrogen functional groups attached to an aromatic ring is 1. The molecule has 1 aliphatic heterocycles. The molecule has 1 heterocycles. The number of amides is 2. The van der Waals surface area contributed by atoms with Crippen LogP contribution in [0.5, 0.6) is 0 Å². The summed E-state index contributed by atoms with van der Waals surface area (Å²) >= 11 is 3.30. The van der Waals surface area contributed by atoms with Crippen molar-refractivity contribution in [3.05, 3.63) is 28.2 Å². The van der Waals surface area contributed by atoms with Crippen LogP contribution in [0.2, 0.25) is 0 Å². The highest BCUT2D eigenvalue weighted by atomic mass is 79.9. The van der Waals surface area contributed by atoms with Crippen molar-refractivity contribution in [1.29, 1.82) is 0 Å². The Kier molecular flexibility index (Phi) is 5.00. The van der Waals surface area contributed by atoms with Gasteiger partial charge in [-0.2, -0.15) is 0 Å². The van der Waals surface area contributed by atoms with Crippen LogP contribution in [0.1, 0.15) is 29.6 Å². The monoisotopic (exact) mass is 339 g/mol. The Morgan fingerprint density at radius 3 is 2.70 bits per heavy atom. The summed E-state index contributed by atoms with van der Waals surface area (Å²) in [6.45, 7) is 2.01. The van der Waals surface area contributed by atoms with Gasteiger partial charge < -0.3 is 16.0 Å². The third-order valence-electron chi connectivity index (χ3n) is 3.34. The molecule has 1 saturated heterocycles. The Balaban J connectivity index is 1.83. The van der Waals surface area contributed by atoms with Crippen molar-refractivity contribution in [3.63, 3.8) is 0 Å². The molecular weight excluding hydrogens is 322 g/mol. The summed E-state index contributed by atoms with van der Waals surface area (Å²) in [4.78, 5) is 25.7. The topological polar surface area (TPSA) is 75.4 Å². The third kappa shape index (κ3) is 3.72. The Labute approximate surface area is 126 Å². The molecule has 0 spiro atoms. The van der Waals surface area contributed by atoms with E-state index in [-0.39, 0.29) is 11.8 Å². The van der Waals surface area contributed by atoms with Crippen molar-refractivity contribution >= 4 is 33.4 Å². The lowest BCUT2D eigenvalue weighted by Crippen LogP contribution is -2.32. The van der Waals surface area contributed by atoms with Crippen LogP contribution in [0.25, 0.3) is 0 Å². The van der Waals surface area contributed by atoms with E-state index in [4.69, 9.17) is 5.73 Å². The summed E-state index contributed by atoms with van der Waals surface area (Å²) < 4.78 is 0.796. The van der Waals surface area contributed by atoms with Crippen LogP contribution in [0.4, 0.5) is 5.69 Å². The van der Waals surface area contributed by atoms with Crippen molar-refractivity contribution in [2.75, 3.05) is 25.4 Å². The number of nitrogens with zero attached hydrogens (tertiary/aromatic N) is 1. The highest BCUT2D eigenvalue weighted by Gasteiger charge is 2.17. The standard InChI is InChI=1S/C14H18BrN3O2/c15-10-3-4-12(16)11(9-10)14(20)17-6-5-13(19)18-7-1-2-8-18/h3-4,9H,1-2,5-8,16H2,(H,17,20). The molecule has 1 aromatic rings. The van der Waals surface area contributed by atoms with E-state index in [1.165, 1.54) is 0 Å². The van der Waals surface area contributed by atoms with Gasteiger partial charge in [0.05, 0.1) is 5.56 Å². The first kappa shape index (κ1) is 14.8. The zero-order valence-electron chi connectivity index (χ0n) is 11.2. The summed E-state index contributed by atoms with van der Waals surface area (Å²) in [5.74, 6) is -0.150. The summed E-state index contributed by atoms with van der Waals surface area (Å²) in [5, 5.41) is 2.73. The van der Waals surface area contributed by atoms with Crippen molar-refractivity contribution in [1.82, 2.24) is 10.2 Å². The van der Waals surface area contributed by atoms with E-state index in [1.807, 2.05) is 4.90 Å². The second-order valence-corrected chi connectivity index (χ2v) is 5.74. The number of benzene rings is 1. The van der Waals surface area contributed by atoms with E-state index < -0.39 is 0 Å². The molecule has 2 amide bonds. The molecule has 0 bridgehead atoms. The van der Waals surface area contributed by atoms with Crippen LogP contribution >= 0.6 is 15.9 Å². The number of nitrogens with one attached hydrogen (secondary N) is 1. The van der Waals surface area contributed by atoms with E-state index >= 15 is 0 Å². The van der Waals surface area contributed by atoms with Gasteiger partial charge in [-0.3, -0.25) is 9.59 Å². The number of hydrogen-bond donors (Lipinski definition) is 2.